The van der Waals surface area contributed by atoms with E-state index in [1.165, 1.54) is 22.3 Å². The molecule has 14 heavy (non-hydrogen) atoms. The first-order chi connectivity index (χ1) is 6.37. The molecule has 0 heterocycles. The van der Waals surface area contributed by atoms with Gasteiger partial charge in [0.25, 0.3) is 0 Å². The van der Waals surface area contributed by atoms with E-state index in [2.05, 4.69) is 40.8 Å². The number of halogens is 1. The average Bonchev–Trinajstić information content (AvgIpc) is 2.30. The van der Waals surface area contributed by atoms with Crippen LogP contribution in [-0.4, -0.2) is 13.8 Å². The van der Waals surface area contributed by atoms with Crippen LogP contribution < -0.4 is 0 Å². The van der Waals surface area contributed by atoms with Gasteiger partial charge in [-0.15, -0.1) is 11.6 Å². The van der Waals surface area contributed by atoms with Crippen LogP contribution in [0.25, 0.3) is 0 Å². The summed E-state index contributed by atoms with van der Waals surface area (Å²) in [5, 5.41) is 0.377. The maximum Gasteiger partial charge on any atom is 0.0531 e. The topological polar surface area (TPSA) is 0 Å². The van der Waals surface area contributed by atoms with Crippen molar-refractivity contribution in [1.82, 2.24) is 0 Å². The molecule has 80 valence electrons. The SMILES string of the molecule is CC1=C(C)C(C(Cl)[SiH](C)C)C(C)=C1C. The van der Waals surface area contributed by atoms with Gasteiger partial charge in [-0.05, 0) is 38.8 Å². The lowest BCUT2D eigenvalue weighted by Gasteiger charge is -2.23. The van der Waals surface area contributed by atoms with Crippen molar-refractivity contribution in [3.05, 3.63) is 22.3 Å². The Bertz CT molecular complexity index is 275. The molecule has 0 aromatic heterocycles. The van der Waals surface area contributed by atoms with Gasteiger partial charge < -0.3 is 0 Å². The Morgan fingerprint density at radius 2 is 1.36 bits per heavy atom. The van der Waals surface area contributed by atoms with Gasteiger partial charge in [0.15, 0.2) is 0 Å². The van der Waals surface area contributed by atoms with E-state index >= 15 is 0 Å². The van der Waals surface area contributed by atoms with E-state index in [-0.39, 0.29) is 0 Å². The first-order valence-corrected chi connectivity index (χ1v) is 8.78. The van der Waals surface area contributed by atoms with Crippen LogP contribution in [-0.2, 0) is 0 Å². The fourth-order valence-electron chi connectivity index (χ4n) is 2.25. The first kappa shape index (κ1) is 12.1. The monoisotopic (exact) mass is 228 g/mol. The number of hydrogen-bond donors (Lipinski definition) is 0. The van der Waals surface area contributed by atoms with Crippen molar-refractivity contribution in [2.75, 3.05) is 0 Å². The van der Waals surface area contributed by atoms with Gasteiger partial charge in [-0.2, -0.15) is 0 Å². The highest BCUT2D eigenvalue weighted by molar-refractivity contribution is 6.67. The molecule has 1 aliphatic rings. The van der Waals surface area contributed by atoms with Gasteiger partial charge in [0, 0.05) is 10.9 Å². The quantitative estimate of drug-likeness (QED) is 0.497. The van der Waals surface area contributed by atoms with Crippen LogP contribution in [0.1, 0.15) is 27.7 Å². The molecule has 0 bridgehead atoms. The van der Waals surface area contributed by atoms with E-state index in [1.807, 2.05) is 0 Å². The van der Waals surface area contributed by atoms with Gasteiger partial charge in [-0.1, -0.05) is 24.2 Å². The van der Waals surface area contributed by atoms with Crippen molar-refractivity contribution in [3.63, 3.8) is 0 Å². The van der Waals surface area contributed by atoms with Crippen molar-refractivity contribution < 1.29 is 0 Å². The molecule has 0 fully saturated rings. The van der Waals surface area contributed by atoms with Crippen LogP contribution in [0.2, 0.25) is 13.1 Å². The fraction of sp³-hybridized carbons (Fsp3) is 0.667. The third kappa shape index (κ3) is 1.85. The van der Waals surface area contributed by atoms with E-state index in [0.717, 1.165) is 0 Å². The third-order valence-electron chi connectivity index (χ3n) is 3.63. The Morgan fingerprint density at radius 3 is 1.64 bits per heavy atom. The molecule has 0 N–H and O–H groups in total. The second-order valence-electron chi connectivity index (χ2n) is 4.78. The lowest BCUT2D eigenvalue weighted by Crippen LogP contribution is -2.28. The van der Waals surface area contributed by atoms with Crippen molar-refractivity contribution in [2.24, 2.45) is 5.92 Å². The van der Waals surface area contributed by atoms with Crippen LogP contribution in [0.15, 0.2) is 22.3 Å². The number of rotatable bonds is 2. The summed E-state index contributed by atoms with van der Waals surface area (Å²) in [7, 11) is -0.752. The highest BCUT2D eigenvalue weighted by atomic mass is 35.5. The Balaban J connectivity index is 3.03. The molecular weight excluding hydrogens is 208 g/mol. The molecule has 1 aliphatic carbocycles. The summed E-state index contributed by atoms with van der Waals surface area (Å²) in [5.41, 5.74) is 5.93. The maximum atomic E-state index is 6.54. The highest BCUT2D eigenvalue weighted by Gasteiger charge is 2.31. The van der Waals surface area contributed by atoms with Crippen molar-refractivity contribution in [1.29, 1.82) is 0 Å². The first-order valence-electron chi connectivity index (χ1n) is 5.37. The zero-order valence-electron chi connectivity index (χ0n) is 10.1. The van der Waals surface area contributed by atoms with Gasteiger partial charge >= 0.3 is 0 Å². The lowest BCUT2D eigenvalue weighted by atomic mass is 9.99. The minimum atomic E-state index is -0.752. The van der Waals surface area contributed by atoms with Crippen molar-refractivity contribution >= 4 is 20.4 Å². The molecular formula is C12H21ClSi. The number of hydrogen-bond acceptors (Lipinski definition) is 0. The summed E-state index contributed by atoms with van der Waals surface area (Å²) in [5.74, 6) is 0.531. The zero-order chi connectivity index (χ0) is 11.0. The molecule has 1 atom stereocenters. The summed E-state index contributed by atoms with van der Waals surface area (Å²) in [6.07, 6.45) is 0. The Morgan fingerprint density at radius 1 is 1.00 bits per heavy atom. The summed E-state index contributed by atoms with van der Waals surface area (Å²) >= 11 is 6.54. The standard InChI is InChI=1S/C12H21ClSi/c1-7-8(2)10(4)11(9(7)3)12(13)14(5)6/h11-12,14H,1-6H3. The lowest BCUT2D eigenvalue weighted by molar-refractivity contribution is 0.773. The van der Waals surface area contributed by atoms with E-state index in [4.69, 9.17) is 11.6 Å². The molecule has 0 saturated heterocycles. The van der Waals surface area contributed by atoms with E-state index in [0.29, 0.717) is 10.9 Å². The average molecular weight is 229 g/mol. The van der Waals surface area contributed by atoms with Gasteiger partial charge in [0.05, 0.1) is 8.80 Å². The predicted molar refractivity (Wildman–Crippen MR) is 68.8 cm³/mol. The van der Waals surface area contributed by atoms with Gasteiger partial charge in [0.1, 0.15) is 0 Å². The summed E-state index contributed by atoms with van der Waals surface area (Å²) in [4.78, 5) is 0. The zero-order valence-corrected chi connectivity index (χ0v) is 12.0. The third-order valence-corrected chi connectivity index (χ3v) is 7.06. The molecule has 2 heteroatoms. The molecule has 1 rings (SSSR count). The van der Waals surface area contributed by atoms with Crippen molar-refractivity contribution in [2.45, 2.75) is 45.8 Å². The van der Waals surface area contributed by atoms with Crippen molar-refractivity contribution in [3.8, 4) is 0 Å². The van der Waals surface area contributed by atoms with Crippen LogP contribution in [0, 0.1) is 5.92 Å². The maximum absolute atomic E-state index is 6.54. The smallest absolute Gasteiger partial charge is 0.0531 e. The summed E-state index contributed by atoms with van der Waals surface area (Å²) < 4.78 is 0. The molecule has 0 saturated carbocycles. The minimum absolute atomic E-state index is 0.377. The predicted octanol–water partition coefficient (Wildman–Crippen LogP) is 3.92. The number of alkyl halides is 1. The van der Waals surface area contributed by atoms with E-state index < -0.39 is 8.80 Å². The Hall–Kier alpha value is -0.0131. The largest absolute Gasteiger partial charge is 0.126 e. The molecule has 0 radical (unpaired) electrons. The van der Waals surface area contributed by atoms with Gasteiger partial charge in [-0.25, -0.2) is 0 Å². The second kappa shape index (κ2) is 4.24. The summed E-state index contributed by atoms with van der Waals surface area (Å²) in [6.45, 7) is 13.6. The minimum Gasteiger partial charge on any atom is -0.126 e. The van der Waals surface area contributed by atoms with Crippen LogP contribution in [0.5, 0.6) is 0 Å². The highest BCUT2D eigenvalue weighted by Crippen LogP contribution is 2.40. The molecule has 0 aromatic rings. The van der Waals surface area contributed by atoms with E-state index in [1.54, 1.807) is 0 Å². The van der Waals surface area contributed by atoms with E-state index in [9.17, 15) is 0 Å². The van der Waals surface area contributed by atoms with Gasteiger partial charge in [0.2, 0.25) is 0 Å². The van der Waals surface area contributed by atoms with Crippen LogP contribution >= 0.6 is 11.6 Å². The second-order valence-corrected chi connectivity index (χ2v) is 8.91. The number of allylic oxidation sites excluding steroid dienone is 4. The molecule has 1 unspecified atom stereocenters. The molecule has 0 amide bonds. The fourth-order valence-corrected chi connectivity index (χ4v) is 3.97. The Labute approximate surface area is 94.6 Å². The molecule has 0 nitrogen and oxygen atoms in total. The van der Waals surface area contributed by atoms with Crippen LogP contribution in [0.4, 0.5) is 0 Å². The van der Waals surface area contributed by atoms with Gasteiger partial charge in [-0.3, -0.25) is 0 Å². The Kier molecular flexibility index (Phi) is 3.65. The molecule has 0 aliphatic heterocycles. The van der Waals surface area contributed by atoms with Crippen LogP contribution in [0.3, 0.4) is 0 Å². The normalized spacial score (nSPS) is 21.4. The molecule has 0 spiro atoms. The summed E-state index contributed by atoms with van der Waals surface area (Å²) in [6, 6.07) is 0. The molecule has 0 aromatic carbocycles.